The Balaban J connectivity index is 1.45. The van der Waals surface area contributed by atoms with E-state index in [0.717, 1.165) is 25.0 Å². The summed E-state index contributed by atoms with van der Waals surface area (Å²) in [6.07, 6.45) is 4.96. The second-order valence-corrected chi connectivity index (χ2v) is 7.46. The summed E-state index contributed by atoms with van der Waals surface area (Å²) in [6, 6.07) is 13.2. The van der Waals surface area contributed by atoms with E-state index in [1.165, 1.54) is 11.2 Å². The van der Waals surface area contributed by atoms with Gasteiger partial charge in [-0.2, -0.15) is 0 Å². The topological polar surface area (TPSA) is 62.6 Å². The third-order valence-electron chi connectivity index (χ3n) is 4.43. The van der Waals surface area contributed by atoms with Crippen LogP contribution in [0.4, 0.5) is 0 Å². The molecule has 1 unspecified atom stereocenters. The third kappa shape index (κ3) is 4.91. The van der Waals surface area contributed by atoms with E-state index in [4.69, 9.17) is 4.42 Å². The van der Waals surface area contributed by atoms with Gasteiger partial charge in [-0.05, 0) is 55.7 Å². The zero-order chi connectivity index (χ0) is 18.2. The molecule has 6 heteroatoms. The number of rotatable bonds is 7. The van der Waals surface area contributed by atoms with Gasteiger partial charge < -0.3 is 14.6 Å². The zero-order valence-electron chi connectivity index (χ0n) is 14.7. The minimum absolute atomic E-state index is 0.0608. The monoisotopic (exact) mass is 372 g/mol. The van der Waals surface area contributed by atoms with E-state index in [1.807, 2.05) is 18.2 Å². The molecule has 2 aromatic rings. The summed E-state index contributed by atoms with van der Waals surface area (Å²) in [4.78, 5) is 28.0. The van der Waals surface area contributed by atoms with Gasteiger partial charge in [-0.15, -0.1) is 11.8 Å². The van der Waals surface area contributed by atoms with Crippen molar-refractivity contribution in [1.82, 2.24) is 10.2 Å². The number of hydrogen-bond donors (Lipinski definition) is 1. The van der Waals surface area contributed by atoms with Crippen molar-refractivity contribution < 1.29 is 14.0 Å². The average Bonchev–Trinajstić information content (AvgIpc) is 3.22. The molecule has 5 nitrogen and oxygen atoms in total. The number of piperidine rings is 1. The Labute approximate surface area is 158 Å². The highest BCUT2D eigenvalue weighted by Crippen LogP contribution is 2.21. The van der Waals surface area contributed by atoms with Crippen molar-refractivity contribution in [3.8, 4) is 0 Å². The van der Waals surface area contributed by atoms with Crippen LogP contribution in [0.5, 0.6) is 0 Å². The van der Waals surface area contributed by atoms with Gasteiger partial charge in [-0.25, -0.2) is 0 Å². The van der Waals surface area contributed by atoms with Crippen molar-refractivity contribution in [2.24, 2.45) is 0 Å². The lowest BCUT2D eigenvalue weighted by Gasteiger charge is -2.34. The fourth-order valence-corrected chi connectivity index (χ4v) is 3.97. The summed E-state index contributed by atoms with van der Waals surface area (Å²) in [5.41, 5.74) is 0. The van der Waals surface area contributed by atoms with Gasteiger partial charge in [0, 0.05) is 18.0 Å². The Kier molecular flexibility index (Phi) is 6.77. The molecule has 2 amide bonds. The first-order chi connectivity index (χ1) is 12.8. The Bertz CT molecular complexity index is 703. The van der Waals surface area contributed by atoms with E-state index in [2.05, 4.69) is 17.4 Å². The molecule has 1 aliphatic heterocycles. The zero-order valence-corrected chi connectivity index (χ0v) is 15.5. The minimum atomic E-state index is -0.400. The first kappa shape index (κ1) is 18.6. The van der Waals surface area contributed by atoms with Crippen molar-refractivity contribution in [1.29, 1.82) is 0 Å². The number of nitrogens with one attached hydrogen (secondary N) is 1. The molecule has 0 saturated carbocycles. The molecule has 1 aromatic carbocycles. The maximum Gasteiger partial charge on any atom is 0.290 e. The summed E-state index contributed by atoms with van der Waals surface area (Å²) in [5, 5.41) is 2.99. The van der Waals surface area contributed by atoms with Crippen LogP contribution >= 0.6 is 11.8 Å². The third-order valence-corrected chi connectivity index (χ3v) is 5.53. The van der Waals surface area contributed by atoms with Crippen LogP contribution in [0.1, 0.15) is 36.2 Å². The van der Waals surface area contributed by atoms with Crippen molar-refractivity contribution >= 4 is 23.6 Å². The number of nitrogens with zero attached hydrogens (tertiary/aromatic N) is 1. The van der Waals surface area contributed by atoms with Gasteiger partial charge in [0.2, 0.25) is 5.91 Å². The largest absolute Gasteiger partial charge is 0.459 e. The summed E-state index contributed by atoms with van der Waals surface area (Å²) in [5.74, 6) is 0.983. The van der Waals surface area contributed by atoms with Crippen LogP contribution in [0.2, 0.25) is 0 Å². The van der Waals surface area contributed by atoms with Crippen molar-refractivity contribution in [2.45, 2.75) is 36.6 Å². The average molecular weight is 372 g/mol. The van der Waals surface area contributed by atoms with Gasteiger partial charge in [-0.3, -0.25) is 9.59 Å². The SMILES string of the molecule is O=C(NCCCSc1ccccc1)C1CCCCN1C(=O)c1ccco1. The smallest absolute Gasteiger partial charge is 0.290 e. The molecule has 3 rings (SSSR count). The molecule has 0 bridgehead atoms. The summed E-state index contributed by atoms with van der Waals surface area (Å²) >= 11 is 1.78. The molecular formula is C20H24N2O3S. The van der Waals surface area contributed by atoms with Crippen LogP contribution in [0.3, 0.4) is 0 Å². The van der Waals surface area contributed by atoms with E-state index in [9.17, 15) is 9.59 Å². The van der Waals surface area contributed by atoms with Crippen LogP contribution < -0.4 is 5.32 Å². The van der Waals surface area contributed by atoms with E-state index in [-0.39, 0.29) is 11.8 Å². The number of hydrogen-bond acceptors (Lipinski definition) is 4. The first-order valence-corrected chi connectivity index (χ1v) is 10.0. The second kappa shape index (κ2) is 9.48. The van der Waals surface area contributed by atoms with Crippen LogP contribution in [-0.4, -0.2) is 41.6 Å². The highest BCUT2D eigenvalue weighted by molar-refractivity contribution is 7.99. The normalized spacial score (nSPS) is 17.1. The number of amides is 2. The highest BCUT2D eigenvalue weighted by Gasteiger charge is 2.33. The Morgan fingerprint density at radius 3 is 2.77 bits per heavy atom. The van der Waals surface area contributed by atoms with Gasteiger partial charge in [0.25, 0.3) is 5.91 Å². The Morgan fingerprint density at radius 1 is 1.15 bits per heavy atom. The maximum atomic E-state index is 12.6. The minimum Gasteiger partial charge on any atom is -0.459 e. The molecule has 0 radical (unpaired) electrons. The highest BCUT2D eigenvalue weighted by atomic mass is 32.2. The van der Waals surface area contributed by atoms with Gasteiger partial charge in [0.15, 0.2) is 5.76 Å². The van der Waals surface area contributed by atoms with Crippen LogP contribution in [0.15, 0.2) is 58.0 Å². The number of carbonyl (C=O) groups excluding carboxylic acids is 2. The molecule has 0 spiro atoms. The summed E-state index contributed by atoms with van der Waals surface area (Å²) < 4.78 is 5.21. The predicted molar refractivity (Wildman–Crippen MR) is 102 cm³/mol. The lowest BCUT2D eigenvalue weighted by Crippen LogP contribution is -2.52. The van der Waals surface area contributed by atoms with E-state index >= 15 is 0 Å². The fourth-order valence-electron chi connectivity index (χ4n) is 3.10. The molecule has 26 heavy (non-hydrogen) atoms. The Morgan fingerprint density at radius 2 is 2.00 bits per heavy atom. The number of thioether (sulfide) groups is 1. The number of benzene rings is 1. The van der Waals surface area contributed by atoms with Crippen LogP contribution in [0.25, 0.3) is 0 Å². The van der Waals surface area contributed by atoms with Crippen molar-refractivity contribution in [3.63, 3.8) is 0 Å². The van der Waals surface area contributed by atoms with Crippen molar-refractivity contribution in [3.05, 3.63) is 54.5 Å². The van der Waals surface area contributed by atoms with Crippen LogP contribution in [0, 0.1) is 0 Å². The number of likely N-dealkylation sites (tertiary alicyclic amines) is 1. The maximum absolute atomic E-state index is 12.6. The molecule has 138 valence electrons. The molecule has 0 aliphatic carbocycles. The molecule has 1 N–H and O–H groups in total. The van der Waals surface area contributed by atoms with Crippen molar-refractivity contribution in [2.75, 3.05) is 18.8 Å². The Hall–Kier alpha value is -2.21. The van der Waals surface area contributed by atoms with Gasteiger partial charge >= 0.3 is 0 Å². The lowest BCUT2D eigenvalue weighted by molar-refractivity contribution is -0.126. The molecular weight excluding hydrogens is 348 g/mol. The lowest BCUT2D eigenvalue weighted by atomic mass is 10.0. The fraction of sp³-hybridized carbons (Fsp3) is 0.400. The van der Waals surface area contributed by atoms with Crippen LogP contribution in [-0.2, 0) is 4.79 Å². The molecule has 1 saturated heterocycles. The van der Waals surface area contributed by atoms with Gasteiger partial charge in [-0.1, -0.05) is 18.2 Å². The number of carbonyl (C=O) groups is 2. The predicted octanol–water partition coefficient (Wildman–Crippen LogP) is 3.57. The molecule has 2 heterocycles. The van der Waals surface area contributed by atoms with E-state index in [0.29, 0.717) is 25.3 Å². The first-order valence-electron chi connectivity index (χ1n) is 9.06. The van der Waals surface area contributed by atoms with E-state index in [1.54, 1.807) is 28.8 Å². The second-order valence-electron chi connectivity index (χ2n) is 6.29. The molecule has 1 aliphatic rings. The molecule has 1 fully saturated rings. The quantitative estimate of drug-likeness (QED) is 0.596. The van der Waals surface area contributed by atoms with Gasteiger partial charge in [0.1, 0.15) is 6.04 Å². The molecule has 1 atom stereocenters. The van der Waals surface area contributed by atoms with E-state index < -0.39 is 6.04 Å². The molecule has 1 aromatic heterocycles. The van der Waals surface area contributed by atoms with Gasteiger partial charge in [0.05, 0.1) is 6.26 Å². The standard InChI is InChI=1S/C20H24N2O3S/c23-19(21-12-7-15-26-16-8-2-1-3-9-16)17-10-4-5-13-22(17)20(24)18-11-6-14-25-18/h1-3,6,8-9,11,14,17H,4-5,7,10,12-13,15H2,(H,21,23). The number of furan rings is 1. The summed E-state index contributed by atoms with van der Waals surface area (Å²) in [6.45, 7) is 1.22. The summed E-state index contributed by atoms with van der Waals surface area (Å²) in [7, 11) is 0.